The molecule has 1 aliphatic rings. The summed E-state index contributed by atoms with van der Waals surface area (Å²) in [6.07, 6.45) is 0.375. The Morgan fingerprint density at radius 1 is 1.29 bits per heavy atom. The number of carbonyl (C=O) groups is 1. The minimum absolute atomic E-state index is 0.0266. The van der Waals surface area contributed by atoms with E-state index in [0.29, 0.717) is 32.8 Å². The molecule has 1 N–H and O–H groups in total. The second kappa shape index (κ2) is 6.95. The van der Waals surface area contributed by atoms with E-state index in [2.05, 4.69) is 31.0 Å². The highest BCUT2D eigenvalue weighted by Gasteiger charge is 2.21. The van der Waals surface area contributed by atoms with Gasteiger partial charge in [0.1, 0.15) is 0 Å². The lowest BCUT2D eigenvalue weighted by molar-refractivity contribution is -0.135. The van der Waals surface area contributed by atoms with Crippen molar-refractivity contribution in [1.82, 2.24) is 9.88 Å². The van der Waals surface area contributed by atoms with E-state index in [-0.39, 0.29) is 12.0 Å². The number of aromatic nitrogens is 1. The minimum atomic E-state index is -0.0266. The zero-order valence-corrected chi connectivity index (χ0v) is 14.9. The molecule has 0 bridgehead atoms. The summed E-state index contributed by atoms with van der Waals surface area (Å²) in [6.45, 7) is 8.60. The van der Waals surface area contributed by atoms with E-state index in [1.165, 1.54) is 11.1 Å². The van der Waals surface area contributed by atoms with Gasteiger partial charge in [0.05, 0.1) is 32.3 Å². The van der Waals surface area contributed by atoms with Crippen LogP contribution >= 0.6 is 0 Å². The summed E-state index contributed by atoms with van der Waals surface area (Å²) in [6, 6.07) is 4.32. The number of hydrogen-bond donors (Lipinski definition) is 1. The molecular weight excluding hydrogens is 304 g/mol. The quantitative estimate of drug-likeness (QED) is 0.937. The highest BCUT2D eigenvalue weighted by atomic mass is 16.6. The summed E-state index contributed by atoms with van der Waals surface area (Å²) >= 11 is 0. The maximum absolute atomic E-state index is 12.7. The molecule has 130 valence electrons. The van der Waals surface area contributed by atoms with Gasteiger partial charge in [-0.15, -0.1) is 0 Å². The molecule has 0 aliphatic carbocycles. The number of benzene rings is 1. The molecule has 0 spiro atoms. The smallest absolute Gasteiger partial charge is 0.226 e. The Morgan fingerprint density at radius 3 is 2.79 bits per heavy atom. The number of fused-ring (bicyclic) bond motifs is 1. The molecule has 1 atom stereocenters. The summed E-state index contributed by atoms with van der Waals surface area (Å²) in [4.78, 5) is 17.8. The lowest BCUT2D eigenvalue weighted by Crippen LogP contribution is -2.41. The third-order valence-corrected chi connectivity index (χ3v) is 4.69. The molecule has 1 amide bonds. The van der Waals surface area contributed by atoms with E-state index in [9.17, 15) is 4.79 Å². The molecule has 2 heterocycles. The molecule has 1 saturated heterocycles. The first-order valence-corrected chi connectivity index (χ1v) is 8.47. The van der Waals surface area contributed by atoms with E-state index in [4.69, 9.17) is 9.47 Å². The molecule has 0 saturated carbocycles. The summed E-state index contributed by atoms with van der Waals surface area (Å²) in [5, 5.41) is 1.16. The van der Waals surface area contributed by atoms with Gasteiger partial charge in [-0.25, -0.2) is 0 Å². The SMILES string of the molecule is Cc1cc(C)c2[nH]c(C)c(CC(=O)N(C)C[C@H]3COCCO3)c2c1. The van der Waals surface area contributed by atoms with Crippen molar-refractivity contribution in [3.8, 4) is 0 Å². The van der Waals surface area contributed by atoms with Crippen LogP contribution in [0.4, 0.5) is 0 Å². The van der Waals surface area contributed by atoms with Crippen LogP contribution in [0.5, 0.6) is 0 Å². The van der Waals surface area contributed by atoms with Gasteiger partial charge in [-0.2, -0.15) is 0 Å². The van der Waals surface area contributed by atoms with E-state index in [1.807, 2.05) is 14.0 Å². The van der Waals surface area contributed by atoms with E-state index in [1.54, 1.807) is 4.90 Å². The number of hydrogen-bond acceptors (Lipinski definition) is 3. The van der Waals surface area contributed by atoms with Crippen molar-refractivity contribution < 1.29 is 14.3 Å². The number of likely N-dealkylation sites (N-methyl/N-ethyl adjacent to an activating group) is 1. The van der Waals surface area contributed by atoms with Gasteiger partial charge in [0.25, 0.3) is 0 Å². The minimum Gasteiger partial charge on any atom is -0.376 e. The molecule has 3 rings (SSSR count). The molecular formula is C19H26N2O3. The number of rotatable bonds is 4. The van der Waals surface area contributed by atoms with E-state index >= 15 is 0 Å². The van der Waals surface area contributed by atoms with Crippen molar-refractivity contribution in [3.63, 3.8) is 0 Å². The predicted molar refractivity (Wildman–Crippen MR) is 94.4 cm³/mol. The molecule has 1 aromatic heterocycles. The van der Waals surface area contributed by atoms with Crippen LogP contribution in [-0.2, 0) is 20.7 Å². The maximum atomic E-state index is 12.7. The number of nitrogens with one attached hydrogen (secondary N) is 1. The summed E-state index contributed by atoms with van der Waals surface area (Å²) in [5.74, 6) is 0.104. The van der Waals surface area contributed by atoms with Crippen LogP contribution in [0.25, 0.3) is 10.9 Å². The first-order chi connectivity index (χ1) is 11.5. The van der Waals surface area contributed by atoms with Crippen LogP contribution in [0.15, 0.2) is 12.1 Å². The third-order valence-electron chi connectivity index (χ3n) is 4.69. The Hall–Kier alpha value is -1.85. The molecule has 5 nitrogen and oxygen atoms in total. The van der Waals surface area contributed by atoms with Gasteiger partial charge in [-0.1, -0.05) is 11.6 Å². The van der Waals surface area contributed by atoms with Crippen molar-refractivity contribution in [1.29, 1.82) is 0 Å². The number of ether oxygens (including phenoxy) is 2. The Kier molecular flexibility index (Phi) is 4.92. The average molecular weight is 330 g/mol. The summed E-state index contributed by atoms with van der Waals surface area (Å²) in [7, 11) is 1.83. The Balaban J connectivity index is 1.76. The van der Waals surface area contributed by atoms with Crippen molar-refractivity contribution in [2.75, 3.05) is 33.4 Å². The molecule has 0 radical (unpaired) electrons. The molecule has 1 fully saturated rings. The fourth-order valence-corrected chi connectivity index (χ4v) is 3.40. The summed E-state index contributed by atoms with van der Waals surface area (Å²) in [5.41, 5.74) is 5.72. The molecule has 2 aromatic rings. The Bertz CT molecular complexity index is 745. The number of nitrogens with zero attached hydrogens (tertiary/aromatic N) is 1. The highest BCUT2D eigenvalue weighted by molar-refractivity contribution is 5.92. The number of aryl methyl sites for hydroxylation is 3. The summed E-state index contributed by atoms with van der Waals surface area (Å²) < 4.78 is 11.0. The average Bonchev–Trinajstić information content (AvgIpc) is 2.85. The van der Waals surface area contributed by atoms with Gasteiger partial charge >= 0.3 is 0 Å². The zero-order valence-electron chi connectivity index (χ0n) is 14.9. The lowest BCUT2D eigenvalue weighted by Gasteiger charge is -2.27. The number of carbonyl (C=O) groups excluding carboxylic acids is 1. The van der Waals surface area contributed by atoms with Gasteiger partial charge in [0.2, 0.25) is 5.91 Å². The number of aromatic amines is 1. The molecule has 1 aromatic carbocycles. The highest BCUT2D eigenvalue weighted by Crippen LogP contribution is 2.27. The van der Waals surface area contributed by atoms with E-state index in [0.717, 1.165) is 22.2 Å². The predicted octanol–water partition coefficient (Wildman–Crippen LogP) is 2.51. The monoisotopic (exact) mass is 330 g/mol. The molecule has 5 heteroatoms. The van der Waals surface area contributed by atoms with Crippen molar-refractivity contribution in [3.05, 3.63) is 34.5 Å². The first kappa shape index (κ1) is 17.0. The van der Waals surface area contributed by atoms with E-state index < -0.39 is 0 Å². The van der Waals surface area contributed by atoms with Crippen LogP contribution in [0.2, 0.25) is 0 Å². The second-order valence-corrected chi connectivity index (χ2v) is 6.75. The van der Waals surface area contributed by atoms with Crippen LogP contribution in [-0.4, -0.2) is 55.3 Å². The largest absolute Gasteiger partial charge is 0.376 e. The van der Waals surface area contributed by atoms with Crippen molar-refractivity contribution >= 4 is 16.8 Å². The molecule has 24 heavy (non-hydrogen) atoms. The normalized spacial score (nSPS) is 18.1. The van der Waals surface area contributed by atoms with Crippen molar-refractivity contribution in [2.24, 2.45) is 0 Å². The third kappa shape index (κ3) is 3.47. The van der Waals surface area contributed by atoms with Gasteiger partial charge in [-0.3, -0.25) is 4.79 Å². The van der Waals surface area contributed by atoms with Crippen molar-refractivity contribution in [2.45, 2.75) is 33.3 Å². The maximum Gasteiger partial charge on any atom is 0.226 e. The van der Waals surface area contributed by atoms with Crippen LogP contribution in [0, 0.1) is 20.8 Å². The molecule has 0 unspecified atom stereocenters. The Labute approximate surface area is 142 Å². The van der Waals surface area contributed by atoms with Crippen LogP contribution in [0.1, 0.15) is 22.4 Å². The number of amides is 1. The van der Waals surface area contributed by atoms with Gasteiger partial charge in [0, 0.05) is 30.2 Å². The standard InChI is InChI=1S/C19H26N2O3/c1-12-7-13(2)19-17(8-12)16(14(3)20-19)9-18(22)21(4)10-15-11-23-5-6-24-15/h7-8,15,20H,5-6,9-11H2,1-4H3/t15-/m0/s1. The fourth-order valence-electron chi connectivity index (χ4n) is 3.40. The second-order valence-electron chi connectivity index (χ2n) is 6.75. The van der Waals surface area contributed by atoms with Crippen LogP contribution in [0.3, 0.4) is 0 Å². The zero-order chi connectivity index (χ0) is 17.3. The lowest BCUT2D eigenvalue weighted by atomic mass is 10.0. The van der Waals surface area contributed by atoms with Gasteiger partial charge < -0.3 is 19.4 Å². The Morgan fingerprint density at radius 2 is 2.08 bits per heavy atom. The first-order valence-electron chi connectivity index (χ1n) is 8.47. The number of H-pyrrole nitrogens is 1. The van der Waals surface area contributed by atoms with Gasteiger partial charge in [-0.05, 0) is 38.0 Å². The fraction of sp³-hybridized carbons (Fsp3) is 0.526. The molecule has 1 aliphatic heterocycles. The van der Waals surface area contributed by atoms with Crippen LogP contribution < -0.4 is 0 Å². The van der Waals surface area contributed by atoms with Gasteiger partial charge in [0.15, 0.2) is 0 Å². The topological polar surface area (TPSA) is 54.6 Å².